The Morgan fingerprint density at radius 2 is 1.89 bits per heavy atom. The highest BCUT2D eigenvalue weighted by atomic mass is 32.2. The van der Waals surface area contributed by atoms with Crippen molar-refractivity contribution in [2.75, 3.05) is 25.3 Å². The van der Waals surface area contributed by atoms with E-state index in [4.69, 9.17) is 10.6 Å². The van der Waals surface area contributed by atoms with Gasteiger partial charge in [-0.25, -0.2) is 4.68 Å². The molecule has 3 rings (SSSR count). The zero-order valence-corrected chi connectivity index (χ0v) is 15.8. The first-order valence-electron chi connectivity index (χ1n) is 8.45. The Morgan fingerprint density at radius 3 is 2.59 bits per heavy atom. The number of amides is 1. The summed E-state index contributed by atoms with van der Waals surface area (Å²) in [5.74, 6) is 7.53. The summed E-state index contributed by atoms with van der Waals surface area (Å²) in [5.41, 5.74) is 2.02. The second-order valence-corrected chi connectivity index (χ2v) is 6.72. The van der Waals surface area contributed by atoms with Gasteiger partial charge < -0.3 is 15.9 Å². The van der Waals surface area contributed by atoms with Crippen molar-refractivity contribution in [1.82, 2.24) is 20.2 Å². The average Bonchev–Trinajstić information content (AvgIpc) is 3.08. The molecule has 1 amide bonds. The van der Waals surface area contributed by atoms with Crippen molar-refractivity contribution in [1.29, 1.82) is 0 Å². The molecule has 0 unspecified atom stereocenters. The highest BCUT2D eigenvalue weighted by molar-refractivity contribution is 7.99. The van der Waals surface area contributed by atoms with Crippen molar-refractivity contribution in [2.45, 2.75) is 11.6 Å². The molecule has 0 aliphatic heterocycles. The number of methoxy groups -OCH3 is 1. The first kappa shape index (κ1) is 18.8. The minimum atomic E-state index is -0.0649. The molecule has 27 heavy (non-hydrogen) atoms. The molecule has 7 nitrogen and oxygen atoms in total. The van der Waals surface area contributed by atoms with Crippen LogP contribution in [0.4, 0.5) is 0 Å². The quantitative estimate of drug-likeness (QED) is 0.457. The number of nitrogens with one attached hydrogen (secondary N) is 1. The van der Waals surface area contributed by atoms with Crippen molar-refractivity contribution in [3.8, 4) is 17.1 Å². The molecule has 3 N–H and O–H groups in total. The van der Waals surface area contributed by atoms with Crippen LogP contribution in [-0.4, -0.2) is 40.2 Å². The van der Waals surface area contributed by atoms with Gasteiger partial charge in [0.05, 0.1) is 12.9 Å². The maximum absolute atomic E-state index is 12.0. The molecular formula is C19H21N5O2S. The number of carbonyl (C=O) groups excluding carboxylic acids is 1. The lowest BCUT2D eigenvalue weighted by Crippen LogP contribution is -2.27. The number of rotatable bonds is 8. The number of carbonyl (C=O) groups is 1. The molecule has 0 bridgehead atoms. The van der Waals surface area contributed by atoms with E-state index in [0.29, 0.717) is 17.5 Å². The molecule has 2 aromatic carbocycles. The summed E-state index contributed by atoms with van der Waals surface area (Å²) >= 11 is 1.25. The number of hydrogen-bond acceptors (Lipinski definition) is 6. The Kier molecular flexibility index (Phi) is 6.32. The molecule has 0 radical (unpaired) electrons. The molecule has 0 saturated heterocycles. The second kappa shape index (κ2) is 9.09. The van der Waals surface area contributed by atoms with Gasteiger partial charge in [-0.1, -0.05) is 42.1 Å². The van der Waals surface area contributed by atoms with Gasteiger partial charge in [0.1, 0.15) is 5.75 Å². The second-order valence-electron chi connectivity index (χ2n) is 5.78. The molecule has 1 heterocycles. The summed E-state index contributed by atoms with van der Waals surface area (Å²) in [4.78, 5) is 12.0. The van der Waals surface area contributed by atoms with Gasteiger partial charge in [0.2, 0.25) is 11.1 Å². The first-order chi connectivity index (χ1) is 13.2. The SMILES string of the molecule is COc1ccc(-c2nnc(SCC(=O)NCCc3ccccc3)n2N)cc1. The molecule has 140 valence electrons. The zero-order chi connectivity index (χ0) is 19.1. The molecule has 0 aliphatic carbocycles. The van der Waals surface area contributed by atoms with Gasteiger partial charge >= 0.3 is 0 Å². The number of nitrogen functional groups attached to an aromatic ring is 1. The molecule has 0 atom stereocenters. The maximum Gasteiger partial charge on any atom is 0.230 e. The monoisotopic (exact) mass is 383 g/mol. The fraction of sp³-hybridized carbons (Fsp3) is 0.211. The normalized spacial score (nSPS) is 10.6. The summed E-state index contributed by atoms with van der Waals surface area (Å²) in [7, 11) is 1.61. The predicted octanol–water partition coefficient (Wildman–Crippen LogP) is 2.12. The van der Waals surface area contributed by atoms with E-state index in [1.54, 1.807) is 7.11 Å². The number of ether oxygens (including phenoxy) is 1. The maximum atomic E-state index is 12.0. The highest BCUT2D eigenvalue weighted by Crippen LogP contribution is 2.23. The molecule has 1 aromatic heterocycles. The minimum Gasteiger partial charge on any atom is -0.497 e. The van der Waals surface area contributed by atoms with E-state index in [1.165, 1.54) is 22.0 Å². The topological polar surface area (TPSA) is 95.1 Å². The van der Waals surface area contributed by atoms with E-state index in [2.05, 4.69) is 15.5 Å². The van der Waals surface area contributed by atoms with Crippen molar-refractivity contribution in [3.63, 3.8) is 0 Å². The Bertz CT molecular complexity index is 881. The number of hydrogen-bond donors (Lipinski definition) is 2. The number of benzene rings is 2. The number of aromatic nitrogens is 3. The summed E-state index contributed by atoms with van der Waals surface area (Å²) in [6, 6.07) is 17.4. The Morgan fingerprint density at radius 1 is 1.15 bits per heavy atom. The Hall–Kier alpha value is -3.00. The van der Waals surface area contributed by atoms with Gasteiger partial charge in [0, 0.05) is 12.1 Å². The smallest absolute Gasteiger partial charge is 0.230 e. The van der Waals surface area contributed by atoms with Crippen LogP contribution in [0.25, 0.3) is 11.4 Å². The van der Waals surface area contributed by atoms with Crippen LogP contribution in [0.2, 0.25) is 0 Å². The fourth-order valence-electron chi connectivity index (χ4n) is 2.48. The van der Waals surface area contributed by atoms with Gasteiger partial charge in [-0.2, -0.15) is 0 Å². The predicted molar refractivity (Wildman–Crippen MR) is 106 cm³/mol. The fourth-order valence-corrected chi connectivity index (χ4v) is 3.17. The van der Waals surface area contributed by atoms with Crippen molar-refractivity contribution >= 4 is 17.7 Å². The van der Waals surface area contributed by atoms with Crippen LogP contribution in [0, 0.1) is 0 Å². The van der Waals surface area contributed by atoms with Crippen molar-refractivity contribution < 1.29 is 9.53 Å². The summed E-state index contributed by atoms with van der Waals surface area (Å²) < 4.78 is 6.54. The van der Waals surface area contributed by atoms with Gasteiger partial charge in [0.25, 0.3) is 0 Å². The van der Waals surface area contributed by atoms with Crippen LogP contribution in [0.1, 0.15) is 5.56 Å². The standard InChI is InChI=1S/C19H21N5O2S/c1-26-16-9-7-15(8-10-16)18-22-23-19(24(18)20)27-13-17(25)21-12-11-14-5-3-2-4-6-14/h2-10H,11-13,20H2,1H3,(H,21,25). The summed E-state index contributed by atoms with van der Waals surface area (Å²) in [5, 5.41) is 11.6. The Labute approximate surface area is 161 Å². The third-order valence-electron chi connectivity index (χ3n) is 3.92. The van der Waals surface area contributed by atoms with Gasteiger partial charge in [-0.3, -0.25) is 4.79 Å². The lowest BCUT2D eigenvalue weighted by molar-refractivity contribution is -0.118. The molecule has 0 fully saturated rings. The molecular weight excluding hydrogens is 362 g/mol. The van der Waals surface area contributed by atoms with E-state index in [-0.39, 0.29) is 11.7 Å². The van der Waals surface area contributed by atoms with Crippen LogP contribution < -0.4 is 15.9 Å². The van der Waals surface area contributed by atoms with E-state index >= 15 is 0 Å². The third kappa shape index (κ3) is 5.01. The van der Waals surface area contributed by atoms with E-state index in [0.717, 1.165) is 17.7 Å². The number of thioether (sulfide) groups is 1. The lowest BCUT2D eigenvalue weighted by atomic mass is 10.1. The molecule has 0 aliphatic rings. The van der Waals surface area contributed by atoms with Crippen LogP contribution in [-0.2, 0) is 11.2 Å². The van der Waals surface area contributed by atoms with Crippen LogP contribution in [0.3, 0.4) is 0 Å². The zero-order valence-electron chi connectivity index (χ0n) is 15.0. The van der Waals surface area contributed by atoms with Gasteiger partial charge in [-0.05, 0) is 36.2 Å². The van der Waals surface area contributed by atoms with E-state index in [9.17, 15) is 4.79 Å². The number of nitrogens with two attached hydrogens (primary N) is 1. The lowest BCUT2D eigenvalue weighted by Gasteiger charge is -2.06. The van der Waals surface area contributed by atoms with E-state index < -0.39 is 0 Å². The van der Waals surface area contributed by atoms with Crippen molar-refractivity contribution in [2.24, 2.45) is 0 Å². The summed E-state index contributed by atoms with van der Waals surface area (Å²) in [6.07, 6.45) is 0.798. The molecule has 3 aromatic rings. The van der Waals surface area contributed by atoms with Crippen molar-refractivity contribution in [3.05, 3.63) is 60.2 Å². The number of nitrogens with zero attached hydrogens (tertiary/aromatic N) is 3. The third-order valence-corrected chi connectivity index (χ3v) is 4.87. The molecule has 0 saturated carbocycles. The first-order valence-corrected chi connectivity index (χ1v) is 9.44. The Balaban J connectivity index is 1.50. The van der Waals surface area contributed by atoms with E-state index in [1.807, 2.05) is 54.6 Å². The molecule has 0 spiro atoms. The van der Waals surface area contributed by atoms with Gasteiger partial charge in [0.15, 0.2) is 5.82 Å². The van der Waals surface area contributed by atoms with Crippen LogP contribution >= 0.6 is 11.8 Å². The highest BCUT2D eigenvalue weighted by Gasteiger charge is 2.13. The van der Waals surface area contributed by atoms with Gasteiger partial charge in [-0.15, -0.1) is 10.2 Å². The average molecular weight is 383 g/mol. The van der Waals surface area contributed by atoms with Crippen LogP contribution in [0.5, 0.6) is 5.75 Å². The minimum absolute atomic E-state index is 0.0649. The van der Waals surface area contributed by atoms with Crippen LogP contribution in [0.15, 0.2) is 59.8 Å². The molecule has 8 heteroatoms. The summed E-state index contributed by atoms with van der Waals surface area (Å²) in [6.45, 7) is 0.593. The largest absolute Gasteiger partial charge is 0.497 e.